The Morgan fingerprint density at radius 2 is 2.09 bits per heavy atom. The predicted molar refractivity (Wildman–Crippen MR) is 86.0 cm³/mol. The molecule has 0 fully saturated rings. The molecule has 120 valence electrons. The minimum absolute atomic E-state index is 0.0550. The molecule has 0 atom stereocenters. The fraction of sp³-hybridized carbons (Fsp3) is 0.250. The van der Waals surface area contributed by atoms with Crippen LogP contribution in [0.2, 0.25) is 5.02 Å². The molecule has 1 aliphatic heterocycles. The lowest BCUT2D eigenvalue weighted by Gasteiger charge is -2.38. The van der Waals surface area contributed by atoms with E-state index in [2.05, 4.69) is 4.98 Å². The number of benzene rings is 1. The summed E-state index contributed by atoms with van der Waals surface area (Å²) < 4.78 is 19.8. The second-order valence-electron chi connectivity index (χ2n) is 5.76. The van der Waals surface area contributed by atoms with Crippen molar-refractivity contribution in [1.29, 1.82) is 0 Å². The molecule has 1 aliphatic rings. The van der Waals surface area contributed by atoms with Gasteiger partial charge in [-0.15, -0.1) is 0 Å². The molecule has 3 rings (SSSR count). The van der Waals surface area contributed by atoms with E-state index < -0.39 is 11.4 Å². The Bertz CT molecular complexity index is 775. The first-order valence-electron chi connectivity index (χ1n) is 7.00. The number of anilines is 2. The molecule has 2 heterocycles. The lowest BCUT2D eigenvalue weighted by atomic mass is 10.0. The molecule has 5 nitrogen and oxygen atoms in total. The summed E-state index contributed by atoms with van der Waals surface area (Å²) in [5.41, 5.74) is 4.83. The number of nitrogen functional groups attached to an aromatic ring is 1. The van der Waals surface area contributed by atoms with Crippen molar-refractivity contribution in [3.05, 3.63) is 46.7 Å². The second-order valence-corrected chi connectivity index (χ2v) is 6.17. The average Bonchev–Trinajstić information content (AvgIpc) is 2.47. The van der Waals surface area contributed by atoms with E-state index in [-0.39, 0.29) is 34.7 Å². The molecule has 23 heavy (non-hydrogen) atoms. The minimum Gasteiger partial charge on any atom is -0.474 e. The first kappa shape index (κ1) is 15.6. The van der Waals surface area contributed by atoms with Gasteiger partial charge in [0.25, 0.3) is 5.91 Å². The van der Waals surface area contributed by atoms with Crippen LogP contribution in [-0.4, -0.2) is 16.5 Å². The van der Waals surface area contributed by atoms with E-state index in [0.717, 1.165) is 0 Å². The van der Waals surface area contributed by atoms with Gasteiger partial charge in [-0.1, -0.05) is 17.7 Å². The lowest BCUT2D eigenvalue weighted by molar-refractivity contribution is -0.132. The topological polar surface area (TPSA) is 68.5 Å². The van der Waals surface area contributed by atoms with Crippen molar-refractivity contribution in [3.8, 4) is 5.75 Å². The molecule has 0 spiro atoms. The number of aromatic nitrogens is 1. The Hall–Kier alpha value is -2.34. The molecule has 0 aliphatic carbocycles. The smallest absolute Gasteiger partial charge is 0.272 e. The molecule has 1 aromatic heterocycles. The van der Waals surface area contributed by atoms with Crippen molar-refractivity contribution in [1.82, 2.24) is 4.98 Å². The molecular weight excluding hydrogens is 321 g/mol. The number of hydrogen-bond acceptors (Lipinski definition) is 4. The number of fused-ring (bicyclic) bond motifs is 1. The van der Waals surface area contributed by atoms with Crippen LogP contribution in [0, 0.1) is 5.82 Å². The highest BCUT2D eigenvalue weighted by molar-refractivity contribution is 6.31. The Labute approximate surface area is 137 Å². The number of pyridine rings is 1. The van der Waals surface area contributed by atoms with Crippen LogP contribution in [0.1, 0.15) is 19.4 Å². The summed E-state index contributed by atoms with van der Waals surface area (Å²) in [6, 6.07) is 7.60. The zero-order valence-electron chi connectivity index (χ0n) is 12.6. The number of nitrogens with two attached hydrogens (primary N) is 1. The number of halogens is 2. The zero-order valence-corrected chi connectivity index (χ0v) is 13.4. The highest BCUT2D eigenvalue weighted by Gasteiger charge is 2.42. The first-order chi connectivity index (χ1) is 10.8. The van der Waals surface area contributed by atoms with Crippen LogP contribution in [0.25, 0.3) is 0 Å². The van der Waals surface area contributed by atoms with Gasteiger partial charge in [0.1, 0.15) is 11.6 Å². The quantitative estimate of drug-likeness (QED) is 0.915. The summed E-state index contributed by atoms with van der Waals surface area (Å²) in [6.07, 6.45) is 0. The Kier molecular flexibility index (Phi) is 3.64. The third-order valence-corrected chi connectivity index (χ3v) is 3.97. The van der Waals surface area contributed by atoms with Gasteiger partial charge in [0, 0.05) is 10.6 Å². The summed E-state index contributed by atoms with van der Waals surface area (Å²) in [7, 11) is 0. The Morgan fingerprint density at radius 1 is 1.35 bits per heavy atom. The number of carbonyl (C=O) groups is 1. The number of amides is 1. The molecule has 0 saturated carbocycles. The van der Waals surface area contributed by atoms with Crippen LogP contribution < -0.4 is 15.4 Å². The van der Waals surface area contributed by atoms with Crippen LogP contribution >= 0.6 is 11.6 Å². The van der Waals surface area contributed by atoms with Crippen molar-refractivity contribution in [2.45, 2.75) is 26.0 Å². The number of carbonyl (C=O) groups excluding carboxylic acids is 1. The van der Waals surface area contributed by atoms with Crippen molar-refractivity contribution in [3.63, 3.8) is 0 Å². The van der Waals surface area contributed by atoms with Gasteiger partial charge in [-0.25, -0.2) is 9.37 Å². The van der Waals surface area contributed by atoms with Crippen molar-refractivity contribution < 1.29 is 13.9 Å². The second kappa shape index (κ2) is 5.38. The van der Waals surface area contributed by atoms with Gasteiger partial charge < -0.3 is 10.5 Å². The maximum Gasteiger partial charge on any atom is 0.272 e. The molecule has 2 N–H and O–H groups in total. The first-order valence-corrected chi connectivity index (χ1v) is 7.38. The molecule has 7 heteroatoms. The van der Waals surface area contributed by atoms with Crippen LogP contribution in [0.3, 0.4) is 0 Å². The average molecular weight is 336 g/mol. The van der Waals surface area contributed by atoms with E-state index in [9.17, 15) is 9.18 Å². The van der Waals surface area contributed by atoms with Crippen LogP contribution in [0.5, 0.6) is 5.75 Å². The lowest BCUT2D eigenvalue weighted by Crippen LogP contribution is -2.52. The number of rotatable bonds is 2. The van der Waals surface area contributed by atoms with E-state index >= 15 is 0 Å². The van der Waals surface area contributed by atoms with Gasteiger partial charge in [0.05, 0.1) is 6.54 Å². The summed E-state index contributed by atoms with van der Waals surface area (Å²) >= 11 is 6.07. The summed E-state index contributed by atoms with van der Waals surface area (Å²) in [4.78, 5) is 18.2. The van der Waals surface area contributed by atoms with E-state index in [1.165, 1.54) is 17.0 Å². The summed E-state index contributed by atoms with van der Waals surface area (Å²) in [5, 5.41) is 0.243. The van der Waals surface area contributed by atoms with Gasteiger partial charge in [-0.05, 0) is 38.1 Å². The molecule has 0 radical (unpaired) electrons. The van der Waals surface area contributed by atoms with Crippen LogP contribution in [0.4, 0.5) is 16.0 Å². The Morgan fingerprint density at radius 3 is 2.78 bits per heavy atom. The molecule has 0 unspecified atom stereocenters. The minimum atomic E-state index is -1.09. The van der Waals surface area contributed by atoms with Gasteiger partial charge in [-0.3, -0.25) is 9.69 Å². The SMILES string of the molecule is CC1(C)Oc2ccc(N)nc2N(Cc2c(F)cccc2Cl)C1=O. The summed E-state index contributed by atoms with van der Waals surface area (Å²) in [5.74, 6) is 0.0804. The standard InChI is InChI=1S/C16H15ClFN3O2/c1-16(2)15(22)21(8-9-10(17)4-3-5-11(9)18)14-12(23-16)6-7-13(19)20-14/h3-7H,8H2,1-2H3,(H2,19,20). The zero-order chi connectivity index (χ0) is 16.8. The normalized spacial score (nSPS) is 16.0. The molecule has 2 aromatic rings. The maximum atomic E-state index is 14.1. The van der Waals surface area contributed by atoms with Gasteiger partial charge in [-0.2, -0.15) is 0 Å². The highest BCUT2D eigenvalue weighted by atomic mass is 35.5. The number of nitrogens with zero attached hydrogens (tertiary/aromatic N) is 2. The van der Waals surface area contributed by atoms with Gasteiger partial charge in [0.15, 0.2) is 17.2 Å². The third kappa shape index (κ3) is 2.70. The third-order valence-electron chi connectivity index (χ3n) is 3.62. The molecule has 0 saturated heterocycles. The van der Waals surface area contributed by atoms with E-state index in [1.54, 1.807) is 32.0 Å². The number of ether oxygens (including phenoxy) is 1. The maximum absolute atomic E-state index is 14.1. The molecular formula is C16H15ClFN3O2. The fourth-order valence-corrected chi connectivity index (χ4v) is 2.67. The van der Waals surface area contributed by atoms with E-state index in [1.807, 2.05) is 0 Å². The van der Waals surface area contributed by atoms with Crippen LogP contribution in [0.15, 0.2) is 30.3 Å². The Balaban J connectivity index is 2.10. The molecule has 1 amide bonds. The van der Waals surface area contributed by atoms with E-state index in [4.69, 9.17) is 22.1 Å². The monoisotopic (exact) mass is 335 g/mol. The predicted octanol–water partition coefficient (Wildman–Crippen LogP) is 3.16. The largest absolute Gasteiger partial charge is 0.474 e. The molecule has 0 bridgehead atoms. The van der Waals surface area contributed by atoms with Gasteiger partial charge in [0.2, 0.25) is 0 Å². The van der Waals surface area contributed by atoms with Crippen molar-refractivity contribution >= 4 is 29.1 Å². The van der Waals surface area contributed by atoms with Gasteiger partial charge >= 0.3 is 0 Å². The van der Waals surface area contributed by atoms with Crippen molar-refractivity contribution in [2.24, 2.45) is 0 Å². The highest BCUT2D eigenvalue weighted by Crippen LogP contribution is 2.38. The van der Waals surface area contributed by atoms with Crippen LogP contribution in [-0.2, 0) is 11.3 Å². The summed E-state index contributed by atoms with van der Waals surface area (Å²) in [6.45, 7) is 3.23. The fourth-order valence-electron chi connectivity index (χ4n) is 2.45. The van der Waals surface area contributed by atoms with Crippen molar-refractivity contribution in [2.75, 3.05) is 10.6 Å². The molecule has 1 aromatic carbocycles. The number of hydrogen-bond donors (Lipinski definition) is 1. The van der Waals surface area contributed by atoms with E-state index in [0.29, 0.717) is 5.75 Å².